The summed E-state index contributed by atoms with van der Waals surface area (Å²) in [6, 6.07) is 8.13. The van der Waals surface area contributed by atoms with Crippen LogP contribution >= 0.6 is 27.3 Å². The van der Waals surface area contributed by atoms with Crippen LogP contribution in [0.4, 0.5) is 0 Å². The molecule has 0 saturated heterocycles. The molecule has 0 aliphatic heterocycles. The molecule has 16 heavy (non-hydrogen) atoms. The Morgan fingerprint density at radius 2 is 2.19 bits per heavy atom. The van der Waals surface area contributed by atoms with Gasteiger partial charge in [-0.25, -0.2) is 4.98 Å². The van der Waals surface area contributed by atoms with Crippen LogP contribution in [0.1, 0.15) is 22.3 Å². The number of aryl methyl sites for hydroxylation is 1. The van der Waals surface area contributed by atoms with Crippen LogP contribution < -0.4 is 5.73 Å². The van der Waals surface area contributed by atoms with Crippen molar-refractivity contribution >= 4 is 27.3 Å². The normalized spacial score (nSPS) is 12.7. The van der Waals surface area contributed by atoms with Crippen molar-refractivity contribution in [3.8, 4) is 0 Å². The van der Waals surface area contributed by atoms with Gasteiger partial charge >= 0.3 is 0 Å². The van der Waals surface area contributed by atoms with Crippen molar-refractivity contribution in [2.75, 3.05) is 0 Å². The van der Waals surface area contributed by atoms with Crippen LogP contribution in [-0.2, 0) is 6.42 Å². The number of aromatic nitrogens is 1. The molecule has 0 spiro atoms. The topological polar surface area (TPSA) is 38.9 Å². The standard InChI is InChI=1S/C12H13BrN2S/c1-8-15-12(7-16-8)11(14)6-9-4-2-3-5-10(9)13/h2-5,7,11H,6,14H2,1H3. The largest absolute Gasteiger partial charge is 0.322 e. The average molecular weight is 297 g/mol. The van der Waals surface area contributed by atoms with Gasteiger partial charge in [0, 0.05) is 9.85 Å². The number of benzene rings is 1. The minimum absolute atomic E-state index is 0.0244. The fraction of sp³-hybridized carbons (Fsp3) is 0.250. The first-order valence-electron chi connectivity index (χ1n) is 5.08. The molecule has 2 nitrogen and oxygen atoms in total. The molecule has 2 aromatic rings. The molecule has 2 rings (SSSR count). The number of hydrogen-bond acceptors (Lipinski definition) is 3. The second-order valence-electron chi connectivity index (χ2n) is 3.69. The van der Waals surface area contributed by atoms with Gasteiger partial charge in [0.2, 0.25) is 0 Å². The molecule has 1 heterocycles. The van der Waals surface area contributed by atoms with Crippen LogP contribution in [0.2, 0.25) is 0 Å². The summed E-state index contributed by atoms with van der Waals surface area (Å²) in [6.45, 7) is 2.00. The van der Waals surface area contributed by atoms with Gasteiger partial charge in [0.1, 0.15) is 0 Å². The van der Waals surface area contributed by atoms with Crippen molar-refractivity contribution in [2.45, 2.75) is 19.4 Å². The van der Waals surface area contributed by atoms with E-state index in [-0.39, 0.29) is 6.04 Å². The molecule has 0 aliphatic carbocycles. The Morgan fingerprint density at radius 3 is 2.81 bits per heavy atom. The fourth-order valence-corrected chi connectivity index (χ4v) is 2.68. The Hall–Kier alpha value is -0.710. The molecule has 0 bridgehead atoms. The maximum Gasteiger partial charge on any atom is 0.0898 e. The molecular formula is C12H13BrN2S. The lowest BCUT2D eigenvalue weighted by Gasteiger charge is -2.10. The van der Waals surface area contributed by atoms with Gasteiger partial charge in [-0.3, -0.25) is 0 Å². The molecule has 0 fully saturated rings. The highest BCUT2D eigenvalue weighted by atomic mass is 79.9. The second-order valence-corrected chi connectivity index (χ2v) is 5.61. The highest BCUT2D eigenvalue weighted by Crippen LogP contribution is 2.23. The summed E-state index contributed by atoms with van der Waals surface area (Å²) >= 11 is 5.17. The summed E-state index contributed by atoms with van der Waals surface area (Å²) in [4.78, 5) is 4.41. The predicted molar refractivity (Wildman–Crippen MR) is 71.6 cm³/mol. The first kappa shape index (κ1) is 11.8. The van der Waals surface area contributed by atoms with Gasteiger partial charge in [-0.1, -0.05) is 34.1 Å². The number of thiazole rings is 1. The van der Waals surface area contributed by atoms with Gasteiger partial charge in [0.25, 0.3) is 0 Å². The third-order valence-electron chi connectivity index (χ3n) is 2.41. The lowest BCUT2D eigenvalue weighted by Crippen LogP contribution is -2.14. The zero-order valence-corrected chi connectivity index (χ0v) is 11.4. The Bertz CT molecular complexity index is 481. The Labute approximate surface area is 108 Å². The summed E-state index contributed by atoms with van der Waals surface area (Å²) in [6.07, 6.45) is 0.810. The van der Waals surface area contributed by atoms with E-state index in [1.165, 1.54) is 5.56 Å². The van der Waals surface area contributed by atoms with Crippen LogP contribution in [0.25, 0.3) is 0 Å². The molecule has 1 atom stereocenters. The summed E-state index contributed by atoms with van der Waals surface area (Å²) in [5.41, 5.74) is 8.34. The molecule has 84 valence electrons. The van der Waals surface area contributed by atoms with Gasteiger partial charge in [0.05, 0.1) is 16.7 Å². The summed E-state index contributed by atoms with van der Waals surface area (Å²) < 4.78 is 1.11. The molecule has 1 aromatic carbocycles. The molecule has 0 aliphatic rings. The molecule has 0 amide bonds. The number of rotatable bonds is 3. The maximum atomic E-state index is 6.13. The maximum absolute atomic E-state index is 6.13. The monoisotopic (exact) mass is 296 g/mol. The minimum Gasteiger partial charge on any atom is -0.322 e. The number of hydrogen-bond donors (Lipinski definition) is 1. The van der Waals surface area contributed by atoms with E-state index in [0.717, 1.165) is 21.6 Å². The third-order valence-corrected chi connectivity index (χ3v) is 3.98. The van der Waals surface area contributed by atoms with E-state index in [9.17, 15) is 0 Å². The molecular weight excluding hydrogens is 284 g/mol. The smallest absolute Gasteiger partial charge is 0.0898 e. The Balaban J connectivity index is 2.13. The van der Waals surface area contributed by atoms with E-state index < -0.39 is 0 Å². The SMILES string of the molecule is Cc1nc(C(N)Cc2ccccc2Br)cs1. The molecule has 1 unspecified atom stereocenters. The number of halogens is 1. The predicted octanol–water partition coefficient (Wildman–Crippen LogP) is 3.46. The molecule has 4 heteroatoms. The van der Waals surface area contributed by atoms with E-state index in [2.05, 4.69) is 27.0 Å². The minimum atomic E-state index is -0.0244. The van der Waals surface area contributed by atoms with Crippen LogP contribution in [-0.4, -0.2) is 4.98 Å². The van der Waals surface area contributed by atoms with E-state index >= 15 is 0 Å². The Morgan fingerprint density at radius 1 is 1.44 bits per heavy atom. The van der Waals surface area contributed by atoms with E-state index in [1.54, 1.807) is 11.3 Å². The number of nitrogens with two attached hydrogens (primary N) is 1. The van der Waals surface area contributed by atoms with Crippen molar-refractivity contribution in [1.29, 1.82) is 0 Å². The summed E-state index contributed by atoms with van der Waals surface area (Å²) in [5, 5.41) is 3.11. The van der Waals surface area contributed by atoms with Crippen molar-refractivity contribution in [1.82, 2.24) is 4.98 Å². The lowest BCUT2D eigenvalue weighted by molar-refractivity contribution is 0.698. The van der Waals surface area contributed by atoms with Crippen LogP contribution in [0.5, 0.6) is 0 Å². The van der Waals surface area contributed by atoms with Crippen LogP contribution in [0.3, 0.4) is 0 Å². The highest BCUT2D eigenvalue weighted by Gasteiger charge is 2.11. The van der Waals surface area contributed by atoms with Gasteiger partial charge in [0.15, 0.2) is 0 Å². The molecule has 0 saturated carbocycles. The van der Waals surface area contributed by atoms with Crippen molar-refractivity contribution < 1.29 is 0 Å². The number of nitrogens with zero attached hydrogens (tertiary/aromatic N) is 1. The van der Waals surface area contributed by atoms with Crippen molar-refractivity contribution in [2.24, 2.45) is 5.73 Å². The second kappa shape index (κ2) is 5.08. The van der Waals surface area contributed by atoms with Gasteiger partial charge < -0.3 is 5.73 Å². The quantitative estimate of drug-likeness (QED) is 0.942. The Kier molecular flexibility index (Phi) is 3.74. The van der Waals surface area contributed by atoms with E-state index in [1.807, 2.05) is 30.5 Å². The van der Waals surface area contributed by atoms with E-state index in [0.29, 0.717) is 0 Å². The first-order valence-corrected chi connectivity index (χ1v) is 6.75. The lowest BCUT2D eigenvalue weighted by atomic mass is 10.1. The van der Waals surface area contributed by atoms with Gasteiger partial charge in [-0.15, -0.1) is 11.3 Å². The van der Waals surface area contributed by atoms with Crippen molar-refractivity contribution in [3.63, 3.8) is 0 Å². The van der Waals surface area contributed by atoms with Crippen LogP contribution in [0.15, 0.2) is 34.1 Å². The molecule has 0 radical (unpaired) electrons. The zero-order chi connectivity index (χ0) is 11.5. The zero-order valence-electron chi connectivity index (χ0n) is 8.98. The van der Waals surface area contributed by atoms with E-state index in [4.69, 9.17) is 5.73 Å². The summed E-state index contributed by atoms with van der Waals surface area (Å²) in [7, 11) is 0. The molecule has 1 aromatic heterocycles. The summed E-state index contributed by atoms with van der Waals surface area (Å²) in [5.74, 6) is 0. The van der Waals surface area contributed by atoms with Gasteiger partial charge in [-0.2, -0.15) is 0 Å². The average Bonchev–Trinajstić information content (AvgIpc) is 2.68. The molecule has 2 N–H and O–H groups in total. The third kappa shape index (κ3) is 2.70. The first-order chi connectivity index (χ1) is 7.66. The fourth-order valence-electron chi connectivity index (χ4n) is 1.56. The highest BCUT2D eigenvalue weighted by molar-refractivity contribution is 9.10. The van der Waals surface area contributed by atoms with Crippen LogP contribution in [0, 0.1) is 6.92 Å². The van der Waals surface area contributed by atoms with Gasteiger partial charge in [-0.05, 0) is 25.0 Å². The van der Waals surface area contributed by atoms with Crippen molar-refractivity contribution in [3.05, 3.63) is 50.4 Å².